The Morgan fingerprint density at radius 3 is 2.75 bits per heavy atom. The second-order valence-corrected chi connectivity index (χ2v) is 6.82. The fraction of sp³-hybridized carbons (Fsp3) is 0.765. The molecule has 2 bridgehead atoms. The van der Waals surface area contributed by atoms with Crippen LogP contribution in [0.3, 0.4) is 0 Å². The van der Waals surface area contributed by atoms with Crippen molar-refractivity contribution in [2.75, 3.05) is 13.6 Å². The Labute approximate surface area is 122 Å². The van der Waals surface area contributed by atoms with Crippen LogP contribution >= 0.6 is 0 Å². The van der Waals surface area contributed by atoms with Crippen molar-refractivity contribution in [1.82, 2.24) is 10.2 Å². The number of hydrogen-bond acceptors (Lipinski definition) is 3. The van der Waals surface area contributed by atoms with Crippen molar-refractivity contribution in [2.24, 2.45) is 5.92 Å². The normalized spacial score (nSPS) is 31.6. The van der Waals surface area contributed by atoms with E-state index < -0.39 is 0 Å². The zero-order chi connectivity index (χ0) is 13.9. The molecule has 0 saturated carbocycles. The topological polar surface area (TPSA) is 28.4 Å². The number of aryl methyl sites for hydroxylation is 1. The van der Waals surface area contributed by atoms with Crippen LogP contribution in [0, 0.1) is 5.92 Å². The summed E-state index contributed by atoms with van der Waals surface area (Å²) in [6, 6.07) is 6.35. The Hall–Kier alpha value is -0.800. The number of piperidine rings is 1. The fourth-order valence-corrected chi connectivity index (χ4v) is 3.97. The lowest BCUT2D eigenvalue weighted by molar-refractivity contribution is 0.131. The molecule has 3 unspecified atom stereocenters. The highest BCUT2D eigenvalue weighted by molar-refractivity contribution is 4.98. The molecular formula is C17H28N2O. The van der Waals surface area contributed by atoms with Gasteiger partial charge in [0.2, 0.25) is 0 Å². The minimum absolute atomic E-state index is 0.581. The first-order valence-corrected chi connectivity index (χ1v) is 8.20. The van der Waals surface area contributed by atoms with Crippen molar-refractivity contribution < 1.29 is 4.42 Å². The molecule has 0 radical (unpaired) electrons. The van der Waals surface area contributed by atoms with Gasteiger partial charge in [-0.05, 0) is 70.7 Å². The third kappa shape index (κ3) is 3.26. The summed E-state index contributed by atoms with van der Waals surface area (Å²) >= 11 is 0. The summed E-state index contributed by atoms with van der Waals surface area (Å²) in [4.78, 5) is 2.62. The van der Waals surface area contributed by atoms with Crippen molar-refractivity contribution in [1.29, 1.82) is 0 Å². The highest BCUT2D eigenvalue weighted by Crippen LogP contribution is 2.37. The van der Waals surface area contributed by atoms with Crippen LogP contribution in [0.2, 0.25) is 0 Å². The predicted octanol–water partition coefficient (Wildman–Crippen LogP) is 3.06. The van der Waals surface area contributed by atoms with Gasteiger partial charge in [0.05, 0.1) is 6.26 Å². The van der Waals surface area contributed by atoms with Crippen molar-refractivity contribution in [3.05, 3.63) is 24.2 Å². The quantitative estimate of drug-likeness (QED) is 0.865. The molecule has 0 amide bonds. The molecule has 2 fully saturated rings. The molecule has 3 heterocycles. The zero-order valence-electron chi connectivity index (χ0n) is 12.8. The third-order valence-electron chi connectivity index (χ3n) is 5.35. The van der Waals surface area contributed by atoms with E-state index in [0.717, 1.165) is 36.6 Å². The third-order valence-corrected chi connectivity index (χ3v) is 5.35. The SMILES string of the molecule is CC(CCc1ccco1)NCC1CC2CCC(C1)N2C. The van der Waals surface area contributed by atoms with Crippen LogP contribution in [0.4, 0.5) is 0 Å². The summed E-state index contributed by atoms with van der Waals surface area (Å²) in [6.07, 6.45) is 9.60. The highest BCUT2D eigenvalue weighted by atomic mass is 16.3. The maximum absolute atomic E-state index is 5.39. The molecule has 0 spiro atoms. The number of nitrogens with zero attached hydrogens (tertiary/aromatic N) is 1. The molecule has 3 atom stereocenters. The summed E-state index contributed by atoms with van der Waals surface area (Å²) in [5.74, 6) is 1.99. The largest absolute Gasteiger partial charge is 0.469 e. The first-order chi connectivity index (χ1) is 9.72. The maximum atomic E-state index is 5.39. The Morgan fingerprint density at radius 1 is 1.35 bits per heavy atom. The Kier molecular flexibility index (Phi) is 4.47. The monoisotopic (exact) mass is 276 g/mol. The molecule has 20 heavy (non-hydrogen) atoms. The molecule has 3 nitrogen and oxygen atoms in total. The van der Waals surface area contributed by atoms with Gasteiger partial charge in [-0.15, -0.1) is 0 Å². The molecule has 0 aromatic carbocycles. The summed E-state index contributed by atoms with van der Waals surface area (Å²) in [5, 5.41) is 3.74. The second kappa shape index (κ2) is 6.31. The van der Waals surface area contributed by atoms with E-state index in [0.29, 0.717) is 6.04 Å². The number of hydrogen-bond donors (Lipinski definition) is 1. The van der Waals surface area contributed by atoms with E-state index in [1.54, 1.807) is 6.26 Å². The van der Waals surface area contributed by atoms with Crippen molar-refractivity contribution in [3.8, 4) is 0 Å². The van der Waals surface area contributed by atoms with Crippen LogP contribution in [0.1, 0.15) is 44.8 Å². The van der Waals surface area contributed by atoms with E-state index in [4.69, 9.17) is 4.42 Å². The standard InChI is InChI=1S/C17H28N2O/c1-13(5-8-17-4-3-9-20-17)18-12-14-10-15-6-7-16(11-14)19(15)2/h3-4,9,13-16,18H,5-8,10-12H2,1-2H3. The molecule has 0 aliphatic carbocycles. The minimum Gasteiger partial charge on any atom is -0.469 e. The molecule has 1 N–H and O–H groups in total. The Balaban J connectivity index is 1.37. The van der Waals surface area contributed by atoms with E-state index >= 15 is 0 Å². The Morgan fingerprint density at radius 2 is 2.10 bits per heavy atom. The summed E-state index contributed by atoms with van der Waals surface area (Å²) < 4.78 is 5.39. The molecule has 3 heteroatoms. The minimum atomic E-state index is 0.581. The first kappa shape index (κ1) is 14.2. The van der Waals surface area contributed by atoms with Crippen LogP contribution in [0.5, 0.6) is 0 Å². The number of rotatable bonds is 6. The average molecular weight is 276 g/mol. The molecule has 2 saturated heterocycles. The number of fused-ring (bicyclic) bond motifs is 2. The van der Waals surface area contributed by atoms with E-state index in [1.807, 2.05) is 6.07 Å². The van der Waals surface area contributed by atoms with Gasteiger partial charge in [-0.3, -0.25) is 0 Å². The van der Waals surface area contributed by atoms with Crippen LogP contribution in [-0.4, -0.2) is 36.6 Å². The van der Waals surface area contributed by atoms with Gasteiger partial charge in [0.15, 0.2) is 0 Å². The lowest BCUT2D eigenvalue weighted by Gasteiger charge is -2.36. The number of nitrogens with one attached hydrogen (secondary N) is 1. The van der Waals surface area contributed by atoms with Crippen LogP contribution in [-0.2, 0) is 6.42 Å². The summed E-state index contributed by atoms with van der Waals surface area (Å²) in [7, 11) is 2.32. The predicted molar refractivity (Wildman–Crippen MR) is 81.8 cm³/mol. The summed E-state index contributed by atoms with van der Waals surface area (Å²) in [5.41, 5.74) is 0. The van der Waals surface area contributed by atoms with Crippen molar-refractivity contribution in [3.63, 3.8) is 0 Å². The molecule has 2 aliphatic rings. The smallest absolute Gasteiger partial charge is 0.103 e. The van der Waals surface area contributed by atoms with Gasteiger partial charge in [0, 0.05) is 24.5 Å². The molecule has 1 aromatic rings. The highest BCUT2D eigenvalue weighted by Gasteiger charge is 2.38. The van der Waals surface area contributed by atoms with Gasteiger partial charge in [-0.25, -0.2) is 0 Å². The van der Waals surface area contributed by atoms with E-state index in [9.17, 15) is 0 Å². The van der Waals surface area contributed by atoms with E-state index in [1.165, 1.54) is 32.2 Å². The lowest BCUT2D eigenvalue weighted by Crippen LogP contribution is -2.43. The lowest BCUT2D eigenvalue weighted by atomic mass is 9.91. The average Bonchev–Trinajstić information content (AvgIpc) is 3.01. The first-order valence-electron chi connectivity index (χ1n) is 8.20. The fourth-order valence-electron chi connectivity index (χ4n) is 3.97. The van der Waals surface area contributed by atoms with Crippen LogP contribution < -0.4 is 5.32 Å². The molecule has 112 valence electrons. The van der Waals surface area contributed by atoms with Gasteiger partial charge in [0.25, 0.3) is 0 Å². The van der Waals surface area contributed by atoms with Gasteiger partial charge < -0.3 is 14.6 Å². The van der Waals surface area contributed by atoms with Gasteiger partial charge >= 0.3 is 0 Å². The van der Waals surface area contributed by atoms with Crippen molar-refractivity contribution in [2.45, 2.75) is 63.6 Å². The van der Waals surface area contributed by atoms with Crippen LogP contribution in [0.25, 0.3) is 0 Å². The van der Waals surface area contributed by atoms with Gasteiger partial charge in [-0.1, -0.05) is 0 Å². The van der Waals surface area contributed by atoms with E-state index in [-0.39, 0.29) is 0 Å². The van der Waals surface area contributed by atoms with Gasteiger partial charge in [-0.2, -0.15) is 0 Å². The zero-order valence-corrected chi connectivity index (χ0v) is 12.8. The van der Waals surface area contributed by atoms with Crippen molar-refractivity contribution >= 4 is 0 Å². The van der Waals surface area contributed by atoms with Gasteiger partial charge in [0.1, 0.15) is 5.76 Å². The number of furan rings is 1. The second-order valence-electron chi connectivity index (χ2n) is 6.82. The Bertz CT molecular complexity index is 389. The molecular weight excluding hydrogens is 248 g/mol. The van der Waals surface area contributed by atoms with Crippen LogP contribution in [0.15, 0.2) is 22.8 Å². The van der Waals surface area contributed by atoms with E-state index in [2.05, 4.69) is 30.3 Å². The summed E-state index contributed by atoms with van der Waals surface area (Å²) in [6.45, 7) is 3.49. The maximum Gasteiger partial charge on any atom is 0.103 e. The molecule has 2 aliphatic heterocycles. The molecule has 1 aromatic heterocycles. The molecule has 3 rings (SSSR count).